The molecule has 86 valence electrons. The summed E-state index contributed by atoms with van der Waals surface area (Å²) in [6, 6.07) is 2.07. The maximum atomic E-state index is 10.7. The Balaban J connectivity index is 0. The van der Waals surface area contributed by atoms with Crippen LogP contribution in [0.5, 0.6) is 0 Å². The molecule has 1 rings (SSSR count). The summed E-state index contributed by atoms with van der Waals surface area (Å²) in [4.78, 5) is 8.37. The maximum Gasteiger partial charge on any atom is 1.00 e. The molecule has 8 nitrogen and oxygen atoms in total. The van der Waals surface area contributed by atoms with Gasteiger partial charge in [0.15, 0.2) is 0 Å². The summed E-state index contributed by atoms with van der Waals surface area (Å²) in [5.74, 6) is -1.40. The van der Waals surface area contributed by atoms with Crippen LogP contribution in [0, 0.1) is 15.5 Å². The van der Waals surface area contributed by atoms with Crippen molar-refractivity contribution in [2.75, 3.05) is 0 Å². The van der Waals surface area contributed by atoms with Crippen molar-refractivity contribution in [3.63, 3.8) is 0 Å². The zero-order valence-electron chi connectivity index (χ0n) is 9.54. The molecule has 0 spiro atoms. The van der Waals surface area contributed by atoms with Crippen LogP contribution in [-0.2, 0) is 10.1 Å². The van der Waals surface area contributed by atoms with Crippen LogP contribution in [-0.4, -0.2) is 23.8 Å². The van der Waals surface area contributed by atoms with Gasteiger partial charge in [0, 0.05) is 17.7 Å². The molecule has 0 bridgehead atoms. The third-order valence-corrected chi connectivity index (χ3v) is 2.57. The van der Waals surface area contributed by atoms with Crippen LogP contribution in [0.4, 0.5) is 5.69 Å². The molecule has 1 aromatic rings. The average Bonchev–Trinajstić information content (AvgIpc) is 2.15. The van der Waals surface area contributed by atoms with Gasteiger partial charge in [-0.25, -0.2) is 8.42 Å². The molecule has 0 radical (unpaired) electrons. The van der Waals surface area contributed by atoms with E-state index in [2.05, 4.69) is 0 Å². The van der Waals surface area contributed by atoms with Gasteiger partial charge in [0.05, 0.1) is 9.82 Å². The molecule has 1 aromatic carbocycles. The van der Waals surface area contributed by atoms with Crippen molar-refractivity contribution < 1.29 is 126 Å². The third-order valence-electron chi connectivity index (χ3n) is 1.69. The van der Waals surface area contributed by atoms with E-state index in [9.17, 15) is 28.2 Å². The normalized spacial score (nSPS) is 9.83. The van der Waals surface area contributed by atoms with Gasteiger partial charge in [0.2, 0.25) is 0 Å². The summed E-state index contributed by atoms with van der Waals surface area (Å²) in [6.07, 6.45) is 0. The van der Waals surface area contributed by atoms with E-state index in [-0.39, 0.29) is 103 Å². The number of rotatable bonds is 3. The number of non-ortho nitro benzene ring substituents is 1. The molecule has 18 heavy (non-hydrogen) atoms. The molecule has 0 atom stereocenters. The molecular formula is C7H4K2N2O6S. The van der Waals surface area contributed by atoms with Crippen LogP contribution in [0.15, 0.2) is 23.1 Å². The molecule has 0 saturated carbocycles. The number of nitro benzene ring substituents is 1. The first kappa shape index (κ1) is 21.6. The largest absolute Gasteiger partial charge is 1.00 e. The summed E-state index contributed by atoms with van der Waals surface area (Å²) in [5, 5.41) is 27.7. The molecule has 1 N–H and O–H groups in total. The second-order valence-electron chi connectivity index (χ2n) is 2.72. The predicted octanol–water partition coefficient (Wildman–Crippen LogP) is -6.81. The Morgan fingerprint density at radius 1 is 1.28 bits per heavy atom. The first-order chi connectivity index (χ1) is 7.23. The standard InChI is InChI=1S/C7H6N2O6S.2K/c8-7(10)5-2-1-4(9(11)12)3-6(5)16(13,14)15;;/h1-3H,(H2,8,10)(H,13,14,15);;/q;2*+1/p-2. The molecule has 0 fully saturated rings. The third kappa shape index (κ3) is 5.72. The van der Waals surface area contributed by atoms with E-state index in [4.69, 9.17) is 5.41 Å². The Bertz CT molecular complexity index is 573. The van der Waals surface area contributed by atoms with Crippen molar-refractivity contribution >= 4 is 21.7 Å². The first-order valence-electron chi connectivity index (χ1n) is 3.74. The Labute approximate surface area is 187 Å². The molecule has 0 unspecified atom stereocenters. The quantitative estimate of drug-likeness (QED) is 0.146. The van der Waals surface area contributed by atoms with E-state index in [0.717, 1.165) is 12.1 Å². The van der Waals surface area contributed by atoms with Crippen molar-refractivity contribution in [2.45, 2.75) is 4.90 Å². The minimum atomic E-state index is -5.03. The molecular weight excluding hydrogens is 318 g/mol. The van der Waals surface area contributed by atoms with E-state index < -0.39 is 37.1 Å². The van der Waals surface area contributed by atoms with Gasteiger partial charge >= 0.3 is 103 Å². The molecule has 0 aliphatic rings. The number of hydrogen-bond acceptors (Lipinski definition) is 7. The van der Waals surface area contributed by atoms with Crippen molar-refractivity contribution in [1.29, 1.82) is 5.41 Å². The minimum Gasteiger partial charge on any atom is -0.859 e. The van der Waals surface area contributed by atoms with Gasteiger partial charge in [-0.05, 0) is 12.0 Å². The molecule has 0 aromatic heterocycles. The number of nitrogens with one attached hydrogen (secondary N) is 1. The summed E-state index contributed by atoms with van der Waals surface area (Å²) in [6.45, 7) is 0. The number of nitro groups is 1. The van der Waals surface area contributed by atoms with Gasteiger partial charge in [0.1, 0.15) is 10.1 Å². The maximum absolute atomic E-state index is 10.7. The predicted molar refractivity (Wildman–Crippen MR) is 47.9 cm³/mol. The fourth-order valence-electron chi connectivity index (χ4n) is 1.02. The fraction of sp³-hybridized carbons (Fsp3) is 0. The SMILES string of the molecule is N=C([O-])c1ccc([N+](=O)[O-])cc1S(=O)(=O)[O-].[K+].[K+]. The van der Waals surface area contributed by atoms with Crippen molar-refractivity contribution in [3.8, 4) is 0 Å². The van der Waals surface area contributed by atoms with Gasteiger partial charge in [0.25, 0.3) is 5.69 Å². The smallest absolute Gasteiger partial charge is 0.859 e. The molecule has 0 heterocycles. The van der Waals surface area contributed by atoms with Gasteiger partial charge < -0.3 is 15.1 Å². The number of benzene rings is 1. The molecule has 0 aliphatic carbocycles. The fourth-order valence-corrected chi connectivity index (χ4v) is 1.71. The topological polar surface area (TPSA) is 147 Å². The zero-order chi connectivity index (χ0) is 12.5. The Morgan fingerprint density at radius 3 is 2.11 bits per heavy atom. The summed E-state index contributed by atoms with van der Waals surface area (Å²) in [5.41, 5.74) is -1.32. The summed E-state index contributed by atoms with van der Waals surface area (Å²) >= 11 is 0. The van der Waals surface area contributed by atoms with Crippen LogP contribution in [0.3, 0.4) is 0 Å². The van der Waals surface area contributed by atoms with Crippen LogP contribution in [0.1, 0.15) is 5.56 Å². The second-order valence-corrected chi connectivity index (χ2v) is 4.07. The first-order valence-corrected chi connectivity index (χ1v) is 5.14. The number of hydrogen-bond donors (Lipinski definition) is 1. The number of nitrogens with zero attached hydrogens (tertiary/aromatic N) is 1. The van der Waals surface area contributed by atoms with Crippen molar-refractivity contribution in [1.82, 2.24) is 0 Å². The van der Waals surface area contributed by atoms with E-state index in [1.807, 2.05) is 0 Å². The zero-order valence-corrected chi connectivity index (χ0v) is 16.6. The molecule has 0 saturated heterocycles. The summed E-state index contributed by atoms with van der Waals surface area (Å²) < 4.78 is 32.2. The Morgan fingerprint density at radius 2 is 1.78 bits per heavy atom. The van der Waals surface area contributed by atoms with Crippen LogP contribution in [0.2, 0.25) is 0 Å². The van der Waals surface area contributed by atoms with E-state index in [1.54, 1.807) is 0 Å². The van der Waals surface area contributed by atoms with Crippen LogP contribution in [0.25, 0.3) is 0 Å². The Hall–Kier alpha value is 1.27. The van der Waals surface area contributed by atoms with E-state index in [1.165, 1.54) is 0 Å². The monoisotopic (exact) mass is 322 g/mol. The van der Waals surface area contributed by atoms with Gasteiger partial charge in [-0.15, -0.1) is 0 Å². The molecule has 0 amide bonds. The molecule has 11 heteroatoms. The van der Waals surface area contributed by atoms with Crippen LogP contribution < -0.4 is 108 Å². The Kier molecular flexibility index (Phi) is 10.2. The van der Waals surface area contributed by atoms with E-state index in [0.29, 0.717) is 6.07 Å². The van der Waals surface area contributed by atoms with Gasteiger partial charge in [-0.3, -0.25) is 10.1 Å². The average molecular weight is 322 g/mol. The summed E-state index contributed by atoms with van der Waals surface area (Å²) in [7, 11) is -5.03. The second kappa shape index (κ2) is 8.54. The van der Waals surface area contributed by atoms with Crippen molar-refractivity contribution in [2.24, 2.45) is 0 Å². The van der Waals surface area contributed by atoms with Crippen molar-refractivity contribution in [3.05, 3.63) is 33.9 Å². The molecule has 0 aliphatic heterocycles. The van der Waals surface area contributed by atoms with Crippen LogP contribution >= 0.6 is 0 Å². The van der Waals surface area contributed by atoms with Gasteiger partial charge in [-0.2, -0.15) is 0 Å². The minimum absolute atomic E-state index is 0. The van der Waals surface area contributed by atoms with Gasteiger partial charge in [-0.1, -0.05) is 0 Å². The van der Waals surface area contributed by atoms with E-state index >= 15 is 0 Å².